The number of carbonyl (C=O) groups is 2. The maximum Gasteiger partial charge on any atom is 0.416 e. The molecule has 2 aromatic rings. The van der Waals surface area contributed by atoms with Crippen LogP contribution in [0.25, 0.3) is 0 Å². The van der Waals surface area contributed by atoms with Crippen LogP contribution in [-0.4, -0.2) is 31.6 Å². The van der Waals surface area contributed by atoms with Gasteiger partial charge in [0.25, 0.3) is 0 Å². The number of ether oxygens (including phenoxy) is 1. The lowest BCUT2D eigenvalue weighted by molar-refractivity contribution is -0.137. The van der Waals surface area contributed by atoms with Crippen molar-refractivity contribution in [3.63, 3.8) is 0 Å². The molecule has 1 aliphatic heterocycles. The van der Waals surface area contributed by atoms with Crippen LogP contribution in [0.2, 0.25) is 0 Å². The molecule has 8 heteroatoms. The van der Waals surface area contributed by atoms with Gasteiger partial charge >= 0.3 is 12.3 Å². The number of carbonyl (C=O) groups excluding carboxylic acids is 2. The third-order valence-electron chi connectivity index (χ3n) is 4.26. The van der Waals surface area contributed by atoms with Crippen molar-refractivity contribution in [3.05, 3.63) is 59.7 Å². The first-order chi connectivity index (χ1) is 14.0. The summed E-state index contributed by atoms with van der Waals surface area (Å²) in [6.07, 6.45) is -3.78. The van der Waals surface area contributed by atoms with Crippen LogP contribution in [0.15, 0.2) is 48.5 Å². The quantitative estimate of drug-likeness (QED) is 0.652. The Morgan fingerprint density at radius 2 is 1.80 bits per heavy atom. The number of amides is 1. The molecule has 1 atom stereocenters. The van der Waals surface area contributed by atoms with Crippen molar-refractivity contribution in [2.45, 2.75) is 38.5 Å². The fourth-order valence-electron chi connectivity index (χ4n) is 2.90. The van der Waals surface area contributed by atoms with Crippen molar-refractivity contribution in [1.29, 1.82) is 0 Å². The molecule has 1 amide bonds. The predicted molar refractivity (Wildman–Crippen MR) is 110 cm³/mol. The number of fused-ring (bicyclic) bond motifs is 1. The minimum absolute atomic E-state index is 0.256. The molecule has 0 radical (unpaired) electrons. The van der Waals surface area contributed by atoms with Crippen LogP contribution in [0.5, 0.6) is 0 Å². The highest BCUT2D eigenvalue weighted by Gasteiger charge is 2.34. The molecule has 1 unspecified atom stereocenters. The summed E-state index contributed by atoms with van der Waals surface area (Å²) in [6.45, 7) is 5.83. The fraction of sp³-hybridized carbons (Fsp3) is 0.364. The lowest BCUT2D eigenvalue weighted by Crippen LogP contribution is -2.36. The topological polar surface area (TPSA) is 58.6 Å². The summed E-state index contributed by atoms with van der Waals surface area (Å²) in [5.74, 6) is -0.256. The van der Waals surface area contributed by atoms with Crippen LogP contribution >= 0.6 is 0 Å². The molecule has 30 heavy (non-hydrogen) atoms. The summed E-state index contributed by atoms with van der Waals surface area (Å²) >= 11 is 0. The van der Waals surface area contributed by atoms with Gasteiger partial charge in [0.15, 0.2) is 0 Å². The Hall–Kier alpha value is -3.03. The Morgan fingerprint density at radius 1 is 1.13 bits per heavy atom. The molecule has 1 aliphatic rings. The van der Waals surface area contributed by atoms with Crippen molar-refractivity contribution < 1.29 is 27.5 Å². The van der Waals surface area contributed by atoms with E-state index in [-0.39, 0.29) is 5.92 Å². The number of rotatable bonds is 2. The summed E-state index contributed by atoms with van der Waals surface area (Å²) in [4.78, 5) is 24.6. The van der Waals surface area contributed by atoms with Gasteiger partial charge in [-0.1, -0.05) is 24.3 Å². The zero-order valence-electron chi connectivity index (χ0n) is 17.3. The zero-order chi connectivity index (χ0) is 22.5. The van der Waals surface area contributed by atoms with E-state index in [0.717, 1.165) is 29.7 Å². The van der Waals surface area contributed by atoms with E-state index in [2.05, 4.69) is 5.32 Å². The van der Waals surface area contributed by atoms with Gasteiger partial charge in [-0.25, -0.2) is 4.79 Å². The summed E-state index contributed by atoms with van der Waals surface area (Å²) in [6, 6.07) is 12.5. The highest BCUT2D eigenvalue weighted by molar-refractivity contribution is 5.93. The molecular formula is C22H25F3N2O3. The lowest BCUT2D eigenvalue weighted by Gasteiger charge is -2.24. The molecule has 0 saturated carbocycles. The molecule has 0 bridgehead atoms. The summed E-state index contributed by atoms with van der Waals surface area (Å²) in [5, 5.41) is 2.64. The maximum atomic E-state index is 12.1. The van der Waals surface area contributed by atoms with Crippen LogP contribution in [-0.2, 0) is 15.7 Å². The Balaban J connectivity index is 0.000000232. The van der Waals surface area contributed by atoms with Crippen LogP contribution in [0.1, 0.15) is 37.8 Å². The summed E-state index contributed by atoms with van der Waals surface area (Å²) < 4.78 is 41.6. The van der Waals surface area contributed by atoms with Crippen molar-refractivity contribution in [2.24, 2.45) is 0 Å². The average molecular weight is 422 g/mol. The first-order valence-electron chi connectivity index (χ1n) is 9.36. The maximum absolute atomic E-state index is 12.1. The second-order valence-electron chi connectivity index (χ2n) is 7.72. The molecule has 5 nitrogen and oxygen atoms in total. The van der Waals surface area contributed by atoms with Gasteiger partial charge in [0, 0.05) is 19.3 Å². The second kappa shape index (κ2) is 9.19. The molecule has 0 saturated heterocycles. The predicted octanol–water partition coefficient (Wildman–Crippen LogP) is 5.47. The monoisotopic (exact) mass is 422 g/mol. The fourth-order valence-corrected chi connectivity index (χ4v) is 2.90. The molecule has 162 valence electrons. The average Bonchev–Trinajstić information content (AvgIpc) is 3.06. The first kappa shape index (κ1) is 23.3. The van der Waals surface area contributed by atoms with Crippen molar-refractivity contribution in [3.8, 4) is 0 Å². The number of alkyl halides is 3. The number of nitrogens with one attached hydrogen (secondary N) is 1. The van der Waals surface area contributed by atoms with Gasteiger partial charge in [-0.15, -0.1) is 0 Å². The molecule has 1 heterocycles. The van der Waals surface area contributed by atoms with E-state index in [9.17, 15) is 22.8 Å². The summed E-state index contributed by atoms with van der Waals surface area (Å²) in [7, 11) is 1.58. The smallest absolute Gasteiger partial charge is 0.416 e. The van der Waals surface area contributed by atoms with E-state index >= 15 is 0 Å². The van der Waals surface area contributed by atoms with Gasteiger partial charge in [-0.2, -0.15) is 13.2 Å². The van der Waals surface area contributed by atoms with Gasteiger partial charge in [0.05, 0.1) is 17.2 Å². The molecule has 3 rings (SSSR count). The molecule has 0 aliphatic carbocycles. The van der Waals surface area contributed by atoms with Gasteiger partial charge < -0.3 is 14.8 Å². The first-order valence-corrected chi connectivity index (χ1v) is 9.36. The number of hydrogen-bond donors (Lipinski definition) is 1. The number of halogens is 3. The second-order valence-corrected chi connectivity index (χ2v) is 7.72. The van der Waals surface area contributed by atoms with E-state index in [1.54, 1.807) is 13.1 Å². The van der Waals surface area contributed by atoms with Crippen LogP contribution in [0.3, 0.4) is 0 Å². The largest absolute Gasteiger partial charge is 0.443 e. The highest BCUT2D eigenvalue weighted by atomic mass is 19.4. The Bertz CT molecular complexity index is 892. The van der Waals surface area contributed by atoms with E-state index < -0.39 is 23.4 Å². The van der Waals surface area contributed by atoms with Gasteiger partial charge in [-0.05, 0) is 50.6 Å². The third kappa shape index (κ3) is 5.98. The number of anilines is 2. The standard InChI is InChI=1S/C14H17NO3.C8H8F3N/c1-14(2,3)18-13(17)15-8-10(9-16)11-6-4-5-7-12(11)15;1-12-7-4-2-3-6(5-7)8(9,10)11/h4-7,9-10H,8H2,1-3H3;2-5,12H,1H3. The number of aldehydes is 1. The summed E-state index contributed by atoms with van der Waals surface area (Å²) in [5.41, 5.74) is 0.951. The van der Waals surface area contributed by atoms with E-state index in [0.29, 0.717) is 12.2 Å². The SMILES string of the molecule is CC(C)(C)OC(=O)N1CC(C=O)c2ccccc21.CNc1cccc(C(F)(F)F)c1. The van der Waals surface area contributed by atoms with E-state index in [1.807, 2.05) is 45.0 Å². The van der Waals surface area contributed by atoms with Crippen LogP contribution in [0.4, 0.5) is 29.3 Å². The van der Waals surface area contributed by atoms with Crippen molar-refractivity contribution in [1.82, 2.24) is 0 Å². The molecule has 0 aromatic heterocycles. The highest BCUT2D eigenvalue weighted by Crippen LogP contribution is 2.35. The molecule has 2 aromatic carbocycles. The number of nitrogens with zero attached hydrogens (tertiary/aromatic N) is 1. The van der Waals surface area contributed by atoms with Gasteiger partial charge in [-0.3, -0.25) is 4.90 Å². The molecule has 1 N–H and O–H groups in total. The molecule has 0 spiro atoms. The minimum atomic E-state index is -4.26. The normalized spacial score (nSPS) is 15.6. The van der Waals surface area contributed by atoms with Crippen molar-refractivity contribution in [2.75, 3.05) is 23.8 Å². The van der Waals surface area contributed by atoms with E-state index in [4.69, 9.17) is 4.74 Å². The Labute approximate surface area is 173 Å². The minimum Gasteiger partial charge on any atom is -0.443 e. The number of para-hydroxylation sites is 1. The van der Waals surface area contributed by atoms with E-state index in [1.165, 1.54) is 11.0 Å². The van der Waals surface area contributed by atoms with Crippen LogP contribution in [0, 0.1) is 0 Å². The molecular weight excluding hydrogens is 397 g/mol. The third-order valence-corrected chi connectivity index (χ3v) is 4.26. The molecule has 0 fully saturated rings. The lowest BCUT2D eigenvalue weighted by atomic mass is 10.0. The Kier molecular flexibility index (Phi) is 7.12. The van der Waals surface area contributed by atoms with Crippen LogP contribution < -0.4 is 10.2 Å². The number of hydrogen-bond acceptors (Lipinski definition) is 4. The van der Waals surface area contributed by atoms with Gasteiger partial charge in [0.1, 0.15) is 11.9 Å². The van der Waals surface area contributed by atoms with Gasteiger partial charge in [0.2, 0.25) is 0 Å². The Morgan fingerprint density at radius 3 is 2.37 bits per heavy atom. The zero-order valence-corrected chi connectivity index (χ0v) is 17.3. The van der Waals surface area contributed by atoms with Crippen molar-refractivity contribution >= 4 is 23.8 Å². The number of benzene rings is 2.